The minimum Gasteiger partial charge on any atom is -0.306 e. The van der Waals surface area contributed by atoms with Gasteiger partial charge in [-0.2, -0.15) is 0 Å². The molecule has 1 aromatic heterocycles. The summed E-state index contributed by atoms with van der Waals surface area (Å²) in [6.07, 6.45) is 7.10. The Kier molecular flexibility index (Phi) is 6.37. The van der Waals surface area contributed by atoms with E-state index in [2.05, 4.69) is 29.1 Å². The number of hydrogen-bond acceptors (Lipinski definition) is 2. The van der Waals surface area contributed by atoms with Crippen LogP contribution in [-0.2, 0) is 6.42 Å². The first-order chi connectivity index (χ1) is 7.33. The van der Waals surface area contributed by atoms with Crippen molar-refractivity contribution in [3.63, 3.8) is 0 Å². The van der Waals surface area contributed by atoms with E-state index in [1.54, 1.807) is 0 Å². The Balaban J connectivity index is 2.14. The van der Waals surface area contributed by atoms with Gasteiger partial charge in [0, 0.05) is 24.8 Å². The summed E-state index contributed by atoms with van der Waals surface area (Å²) in [5.41, 5.74) is 1.36. The number of alkyl halides is 1. The molecule has 0 fully saturated rings. The number of unbranched alkanes of at least 4 members (excludes halogenated alkanes) is 1. The molecule has 1 heterocycles. The summed E-state index contributed by atoms with van der Waals surface area (Å²) in [5, 5.41) is 0. The molecule has 0 unspecified atom stereocenters. The van der Waals surface area contributed by atoms with Gasteiger partial charge in [0.05, 0.1) is 0 Å². The summed E-state index contributed by atoms with van der Waals surface area (Å²) in [6.45, 7) is 2.24. The smallest absolute Gasteiger partial charge is 0.0270 e. The lowest BCUT2D eigenvalue weighted by molar-refractivity contribution is 0.332. The second-order valence-corrected chi connectivity index (χ2v) is 4.18. The van der Waals surface area contributed by atoms with E-state index in [0.29, 0.717) is 0 Å². The summed E-state index contributed by atoms with van der Waals surface area (Å²) in [6, 6.07) is 4.15. The quantitative estimate of drug-likeness (QED) is 0.525. The first kappa shape index (κ1) is 12.5. The molecule has 1 aromatic rings. The van der Waals surface area contributed by atoms with Crippen molar-refractivity contribution in [1.82, 2.24) is 9.88 Å². The van der Waals surface area contributed by atoms with Crippen LogP contribution in [0.1, 0.15) is 18.4 Å². The highest BCUT2D eigenvalue weighted by atomic mass is 35.5. The van der Waals surface area contributed by atoms with Gasteiger partial charge in [-0.25, -0.2) is 0 Å². The van der Waals surface area contributed by atoms with Crippen molar-refractivity contribution in [2.24, 2.45) is 0 Å². The molecule has 0 N–H and O–H groups in total. The second kappa shape index (κ2) is 7.66. The van der Waals surface area contributed by atoms with Gasteiger partial charge in [-0.15, -0.1) is 11.6 Å². The summed E-state index contributed by atoms with van der Waals surface area (Å²) in [7, 11) is 2.16. The van der Waals surface area contributed by atoms with Crippen LogP contribution in [0.5, 0.6) is 0 Å². The van der Waals surface area contributed by atoms with Gasteiger partial charge in [-0.05, 0) is 50.6 Å². The number of pyridine rings is 1. The zero-order chi connectivity index (χ0) is 10.9. The van der Waals surface area contributed by atoms with Crippen molar-refractivity contribution in [2.75, 3.05) is 26.0 Å². The summed E-state index contributed by atoms with van der Waals surface area (Å²) in [4.78, 5) is 6.36. The molecule has 0 atom stereocenters. The van der Waals surface area contributed by atoms with Crippen molar-refractivity contribution in [1.29, 1.82) is 0 Å². The predicted octanol–water partition coefficient (Wildman–Crippen LogP) is 2.57. The molecule has 0 aliphatic heterocycles. The van der Waals surface area contributed by atoms with Crippen molar-refractivity contribution >= 4 is 11.6 Å². The van der Waals surface area contributed by atoms with E-state index in [1.807, 2.05) is 12.4 Å². The molecule has 2 nitrogen and oxygen atoms in total. The van der Waals surface area contributed by atoms with E-state index in [-0.39, 0.29) is 0 Å². The molecule has 0 aliphatic carbocycles. The van der Waals surface area contributed by atoms with E-state index in [1.165, 1.54) is 12.0 Å². The van der Waals surface area contributed by atoms with Gasteiger partial charge in [0.15, 0.2) is 0 Å². The van der Waals surface area contributed by atoms with Gasteiger partial charge < -0.3 is 4.90 Å². The number of likely N-dealkylation sites (N-methyl/N-ethyl adjacent to an activating group) is 1. The minimum atomic E-state index is 0.776. The maximum absolute atomic E-state index is 5.63. The first-order valence-corrected chi connectivity index (χ1v) is 6.00. The molecule has 1 rings (SSSR count). The highest BCUT2D eigenvalue weighted by molar-refractivity contribution is 6.17. The Labute approximate surface area is 97.3 Å². The van der Waals surface area contributed by atoms with Gasteiger partial charge in [-0.1, -0.05) is 0 Å². The third-order valence-electron chi connectivity index (χ3n) is 2.46. The molecule has 0 bridgehead atoms. The van der Waals surface area contributed by atoms with Crippen LogP contribution in [0.4, 0.5) is 0 Å². The van der Waals surface area contributed by atoms with E-state index in [4.69, 9.17) is 11.6 Å². The summed E-state index contributed by atoms with van der Waals surface area (Å²) in [5.74, 6) is 0.776. The Morgan fingerprint density at radius 1 is 1.20 bits per heavy atom. The number of hydrogen-bond donors (Lipinski definition) is 0. The van der Waals surface area contributed by atoms with E-state index >= 15 is 0 Å². The highest BCUT2D eigenvalue weighted by Crippen LogP contribution is 2.00. The van der Waals surface area contributed by atoms with E-state index in [0.717, 1.165) is 31.8 Å². The normalized spacial score (nSPS) is 10.9. The highest BCUT2D eigenvalue weighted by Gasteiger charge is 1.98. The van der Waals surface area contributed by atoms with Crippen LogP contribution in [-0.4, -0.2) is 35.9 Å². The fourth-order valence-electron chi connectivity index (χ4n) is 1.46. The Hall–Kier alpha value is -0.600. The molecule has 0 spiro atoms. The molecular weight excluding hydrogens is 208 g/mol. The average molecular weight is 227 g/mol. The fourth-order valence-corrected chi connectivity index (χ4v) is 1.65. The maximum Gasteiger partial charge on any atom is 0.0270 e. The zero-order valence-corrected chi connectivity index (χ0v) is 10.1. The maximum atomic E-state index is 5.63. The molecule has 0 saturated heterocycles. The Bertz CT molecular complexity index is 251. The van der Waals surface area contributed by atoms with E-state index in [9.17, 15) is 0 Å². The Morgan fingerprint density at radius 3 is 2.60 bits per heavy atom. The molecule has 3 heteroatoms. The van der Waals surface area contributed by atoms with E-state index < -0.39 is 0 Å². The minimum absolute atomic E-state index is 0.776. The molecule has 0 amide bonds. The summed E-state index contributed by atoms with van der Waals surface area (Å²) >= 11 is 5.63. The number of aromatic nitrogens is 1. The Morgan fingerprint density at radius 2 is 1.93 bits per heavy atom. The monoisotopic (exact) mass is 226 g/mol. The largest absolute Gasteiger partial charge is 0.306 e. The SMILES string of the molecule is CN(CCCCCl)CCc1ccncc1. The van der Waals surface area contributed by atoms with Crippen LogP contribution in [0.15, 0.2) is 24.5 Å². The van der Waals surface area contributed by atoms with Gasteiger partial charge in [0.2, 0.25) is 0 Å². The standard InChI is InChI=1S/C12H19ClN2/c1-15(10-3-2-7-13)11-6-12-4-8-14-9-5-12/h4-5,8-9H,2-3,6-7,10-11H2,1H3. The molecule has 0 radical (unpaired) electrons. The van der Waals surface area contributed by atoms with Crippen LogP contribution in [0, 0.1) is 0 Å². The summed E-state index contributed by atoms with van der Waals surface area (Å²) < 4.78 is 0. The molecule has 0 saturated carbocycles. The molecular formula is C12H19ClN2. The second-order valence-electron chi connectivity index (χ2n) is 3.80. The molecule has 0 aliphatic rings. The zero-order valence-electron chi connectivity index (χ0n) is 9.32. The fraction of sp³-hybridized carbons (Fsp3) is 0.583. The third kappa shape index (κ3) is 5.75. The van der Waals surface area contributed by atoms with Gasteiger partial charge in [0.1, 0.15) is 0 Å². The predicted molar refractivity (Wildman–Crippen MR) is 65.4 cm³/mol. The van der Waals surface area contributed by atoms with Crippen LogP contribution in [0.2, 0.25) is 0 Å². The van der Waals surface area contributed by atoms with Crippen molar-refractivity contribution in [3.05, 3.63) is 30.1 Å². The number of halogens is 1. The van der Waals surface area contributed by atoms with Crippen LogP contribution in [0.25, 0.3) is 0 Å². The molecule has 15 heavy (non-hydrogen) atoms. The lowest BCUT2D eigenvalue weighted by Crippen LogP contribution is -2.22. The van der Waals surface area contributed by atoms with Gasteiger partial charge in [0.25, 0.3) is 0 Å². The van der Waals surface area contributed by atoms with Crippen LogP contribution < -0.4 is 0 Å². The van der Waals surface area contributed by atoms with Crippen LogP contribution in [0.3, 0.4) is 0 Å². The van der Waals surface area contributed by atoms with Crippen molar-refractivity contribution < 1.29 is 0 Å². The van der Waals surface area contributed by atoms with Gasteiger partial charge >= 0.3 is 0 Å². The van der Waals surface area contributed by atoms with Gasteiger partial charge in [-0.3, -0.25) is 4.98 Å². The van der Waals surface area contributed by atoms with Crippen LogP contribution >= 0.6 is 11.6 Å². The lowest BCUT2D eigenvalue weighted by atomic mass is 10.2. The topological polar surface area (TPSA) is 16.1 Å². The number of rotatable bonds is 7. The molecule has 84 valence electrons. The number of nitrogens with zero attached hydrogens (tertiary/aromatic N) is 2. The van der Waals surface area contributed by atoms with Crippen molar-refractivity contribution in [2.45, 2.75) is 19.3 Å². The molecule has 0 aromatic carbocycles. The van der Waals surface area contributed by atoms with Crippen molar-refractivity contribution in [3.8, 4) is 0 Å². The lowest BCUT2D eigenvalue weighted by Gasteiger charge is -2.15. The third-order valence-corrected chi connectivity index (χ3v) is 2.72. The average Bonchev–Trinajstić information content (AvgIpc) is 2.28. The first-order valence-electron chi connectivity index (χ1n) is 5.46.